The van der Waals surface area contributed by atoms with Gasteiger partial charge in [-0.25, -0.2) is 0 Å². The highest BCUT2D eigenvalue weighted by molar-refractivity contribution is 5.76. The van der Waals surface area contributed by atoms with Crippen LogP contribution in [0.5, 0.6) is 0 Å². The quantitative estimate of drug-likeness (QED) is 0.362. The second-order valence-electron chi connectivity index (χ2n) is 6.63. The van der Waals surface area contributed by atoms with Crippen LogP contribution in [0.1, 0.15) is 64.2 Å². The third kappa shape index (κ3) is 6.20. The number of carbonyl (C=O) groups is 2. The number of hydrogen-bond acceptors (Lipinski definition) is 2. The van der Waals surface area contributed by atoms with Crippen LogP contribution in [-0.2, 0) is 9.59 Å². The van der Waals surface area contributed by atoms with Gasteiger partial charge in [-0.05, 0) is 50.9 Å². The number of allylic oxidation sites excluding steroid dienone is 2. The Balaban J connectivity index is 1.37. The number of nitrogens with zero attached hydrogens (tertiary/aromatic N) is 1. The van der Waals surface area contributed by atoms with E-state index in [0.717, 1.165) is 51.6 Å². The van der Waals surface area contributed by atoms with Crippen LogP contribution < -0.4 is 5.32 Å². The fourth-order valence-corrected chi connectivity index (χ4v) is 3.21. The van der Waals surface area contributed by atoms with Gasteiger partial charge >= 0.3 is 0 Å². The average molecular weight is 306 g/mol. The van der Waals surface area contributed by atoms with Crippen molar-refractivity contribution in [3.05, 3.63) is 12.2 Å². The Bertz CT molecular complexity index is 375. The van der Waals surface area contributed by atoms with Crippen molar-refractivity contribution in [1.29, 1.82) is 0 Å². The number of rotatable bonds is 11. The number of amides is 2. The van der Waals surface area contributed by atoms with Gasteiger partial charge in [0.2, 0.25) is 12.3 Å². The van der Waals surface area contributed by atoms with Gasteiger partial charge in [-0.1, -0.05) is 25.0 Å². The Morgan fingerprint density at radius 1 is 1.09 bits per heavy atom. The van der Waals surface area contributed by atoms with Crippen molar-refractivity contribution >= 4 is 12.3 Å². The van der Waals surface area contributed by atoms with Crippen molar-refractivity contribution in [3.63, 3.8) is 0 Å². The second kappa shape index (κ2) is 9.65. The Labute approximate surface area is 134 Å². The van der Waals surface area contributed by atoms with Gasteiger partial charge in [-0.15, -0.1) is 0 Å². The first-order valence-electron chi connectivity index (χ1n) is 8.93. The molecule has 0 aromatic heterocycles. The zero-order valence-corrected chi connectivity index (χ0v) is 13.6. The van der Waals surface area contributed by atoms with Gasteiger partial charge in [0.15, 0.2) is 0 Å². The van der Waals surface area contributed by atoms with E-state index in [1.54, 1.807) is 0 Å². The van der Waals surface area contributed by atoms with Crippen LogP contribution in [0.15, 0.2) is 12.2 Å². The van der Waals surface area contributed by atoms with E-state index < -0.39 is 0 Å². The first kappa shape index (κ1) is 17.0. The Hall–Kier alpha value is -1.32. The zero-order chi connectivity index (χ0) is 15.6. The fraction of sp³-hybridized carbons (Fsp3) is 0.778. The molecule has 0 spiro atoms. The molecule has 1 aliphatic carbocycles. The maximum atomic E-state index is 11.9. The molecule has 2 rings (SSSR count). The molecule has 1 unspecified atom stereocenters. The van der Waals surface area contributed by atoms with E-state index in [0.29, 0.717) is 17.9 Å². The molecule has 4 nitrogen and oxygen atoms in total. The molecule has 0 aromatic carbocycles. The predicted octanol–water partition coefficient (Wildman–Crippen LogP) is 3.03. The van der Waals surface area contributed by atoms with Crippen LogP contribution >= 0.6 is 0 Å². The molecule has 0 aromatic rings. The van der Waals surface area contributed by atoms with E-state index in [9.17, 15) is 9.59 Å². The van der Waals surface area contributed by atoms with Crippen molar-refractivity contribution in [2.24, 2.45) is 5.92 Å². The van der Waals surface area contributed by atoms with E-state index in [2.05, 4.69) is 17.5 Å². The van der Waals surface area contributed by atoms with E-state index in [1.807, 2.05) is 4.90 Å². The third-order valence-corrected chi connectivity index (χ3v) is 4.78. The van der Waals surface area contributed by atoms with Gasteiger partial charge in [0.25, 0.3) is 0 Å². The number of nitrogens with one attached hydrogen (secondary N) is 1. The summed E-state index contributed by atoms with van der Waals surface area (Å²) in [6.07, 6.45) is 16.5. The van der Waals surface area contributed by atoms with Crippen molar-refractivity contribution < 1.29 is 9.59 Å². The lowest BCUT2D eigenvalue weighted by molar-refractivity contribution is -0.130. The molecule has 22 heavy (non-hydrogen) atoms. The van der Waals surface area contributed by atoms with Crippen LogP contribution in [-0.4, -0.2) is 36.3 Å². The minimum absolute atomic E-state index is 0.361. The van der Waals surface area contributed by atoms with E-state index in [-0.39, 0.29) is 0 Å². The minimum Gasteiger partial charge on any atom is -0.356 e. The van der Waals surface area contributed by atoms with Crippen molar-refractivity contribution in [2.45, 2.75) is 70.3 Å². The molecule has 0 bridgehead atoms. The van der Waals surface area contributed by atoms with Crippen LogP contribution in [0.25, 0.3) is 0 Å². The van der Waals surface area contributed by atoms with Crippen LogP contribution in [0, 0.1) is 5.92 Å². The first-order chi connectivity index (χ1) is 10.8. The first-order valence-corrected chi connectivity index (χ1v) is 8.93. The molecule has 1 N–H and O–H groups in total. The summed E-state index contributed by atoms with van der Waals surface area (Å²) >= 11 is 0. The molecule has 124 valence electrons. The van der Waals surface area contributed by atoms with Gasteiger partial charge in [-0.3, -0.25) is 9.59 Å². The smallest absolute Gasteiger partial charge is 0.222 e. The molecular weight excluding hydrogens is 276 g/mol. The monoisotopic (exact) mass is 306 g/mol. The average Bonchev–Trinajstić information content (AvgIpc) is 3.03. The summed E-state index contributed by atoms with van der Waals surface area (Å²) in [4.78, 5) is 24.1. The standard InChI is InChI=1S/C18H30N2O2/c21-15-19-17-14-16(17)10-6-4-2-1-3-5-7-11-18(22)20-12-8-9-13-20/h4,6,15-17H,1-3,5,7-14H2,(H,19,21)/b6-4-/t16?,17-/m1/s1. The number of likely N-dealkylation sites (tertiary alicyclic amines) is 1. The van der Waals surface area contributed by atoms with Crippen LogP contribution in [0.4, 0.5) is 0 Å². The summed E-state index contributed by atoms with van der Waals surface area (Å²) in [6, 6.07) is 0.426. The van der Waals surface area contributed by atoms with E-state index >= 15 is 0 Å². The summed E-state index contributed by atoms with van der Waals surface area (Å²) in [6.45, 7) is 1.96. The highest BCUT2D eigenvalue weighted by Crippen LogP contribution is 2.33. The Morgan fingerprint density at radius 3 is 2.64 bits per heavy atom. The normalized spacial score (nSPS) is 23.9. The molecule has 1 heterocycles. The van der Waals surface area contributed by atoms with Crippen molar-refractivity contribution in [3.8, 4) is 0 Å². The maximum Gasteiger partial charge on any atom is 0.222 e. The van der Waals surface area contributed by atoms with Gasteiger partial charge in [0, 0.05) is 25.6 Å². The lowest BCUT2D eigenvalue weighted by Gasteiger charge is -2.14. The molecule has 0 radical (unpaired) electrons. The molecule has 1 saturated heterocycles. The summed E-state index contributed by atoms with van der Waals surface area (Å²) in [5, 5.41) is 2.83. The number of hydrogen-bond donors (Lipinski definition) is 1. The predicted molar refractivity (Wildman–Crippen MR) is 88.4 cm³/mol. The summed E-state index contributed by atoms with van der Waals surface area (Å²) in [5.41, 5.74) is 0. The highest BCUT2D eigenvalue weighted by Gasteiger charge is 2.35. The van der Waals surface area contributed by atoms with Gasteiger partial charge in [0.1, 0.15) is 0 Å². The third-order valence-electron chi connectivity index (χ3n) is 4.78. The molecule has 1 aliphatic heterocycles. The minimum atomic E-state index is 0.361. The fourth-order valence-electron chi connectivity index (χ4n) is 3.21. The zero-order valence-electron chi connectivity index (χ0n) is 13.6. The van der Waals surface area contributed by atoms with Crippen molar-refractivity contribution in [1.82, 2.24) is 10.2 Å². The molecule has 2 atom stereocenters. The number of carbonyl (C=O) groups excluding carboxylic acids is 2. The summed E-state index contributed by atoms with van der Waals surface area (Å²) in [7, 11) is 0. The summed E-state index contributed by atoms with van der Waals surface area (Å²) in [5.74, 6) is 1.03. The van der Waals surface area contributed by atoms with Crippen LogP contribution in [0.2, 0.25) is 0 Å². The Morgan fingerprint density at radius 2 is 1.86 bits per heavy atom. The largest absolute Gasteiger partial charge is 0.356 e. The van der Waals surface area contributed by atoms with Gasteiger partial charge < -0.3 is 10.2 Å². The topological polar surface area (TPSA) is 49.4 Å². The number of unbranched alkanes of at least 4 members (excludes halogenated alkanes) is 4. The SMILES string of the molecule is O=CN[C@@H]1CC1C/C=C\CCCCCCC(=O)N1CCCC1. The van der Waals surface area contributed by atoms with Gasteiger partial charge in [0.05, 0.1) is 0 Å². The van der Waals surface area contributed by atoms with Crippen molar-refractivity contribution in [2.75, 3.05) is 13.1 Å². The molecule has 2 aliphatic rings. The molecule has 2 amide bonds. The highest BCUT2D eigenvalue weighted by atomic mass is 16.2. The second-order valence-corrected chi connectivity index (χ2v) is 6.63. The summed E-state index contributed by atoms with van der Waals surface area (Å²) < 4.78 is 0. The van der Waals surface area contributed by atoms with Gasteiger partial charge in [-0.2, -0.15) is 0 Å². The maximum absolute atomic E-state index is 11.9. The molecular formula is C18H30N2O2. The molecule has 4 heteroatoms. The molecule has 1 saturated carbocycles. The lowest BCUT2D eigenvalue weighted by Crippen LogP contribution is -2.27. The molecule has 2 fully saturated rings. The van der Waals surface area contributed by atoms with E-state index in [1.165, 1.54) is 32.1 Å². The lowest BCUT2D eigenvalue weighted by atomic mass is 10.1. The van der Waals surface area contributed by atoms with E-state index in [4.69, 9.17) is 0 Å². The Kier molecular flexibility index (Phi) is 7.47. The van der Waals surface area contributed by atoms with Crippen LogP contribution in [0.3, 0.4) is 0 Å².